The van der Waals surface area contributed by atoms with Crippen LogP contribution in [-0.4, -0.2) is 39.0 Å². The van der Waals surface area contributed by atoms with Crippen LogP contribution in [0.5, 0.6) is 0 Å². The second-order valence-electron chi connectivity index (χ2n) is 5.13. The van der Waals surface area contributed by atoms with Crippen LogP contribution in [0.25, 0.3) is 0 Å². The second kappa shape index (κ2) is 7.46. The molecule has 2 rings (SSSR count). The van der Waals surface area contributed by atoms with Crippen molar-refractivity contribution in [1.82, 2.24) is 9.88 Å². The van der Waals surface area contributed by atoms with E-state index >= 15 is 0 Å². The molecule has 7 nitrogen and oxygen atoms in total. The first-order chi connectivity index (χ1) is 11.0. The van der Waals surface area contributed by atoms with Gasteiger partial charge in [-0.2, -0.15) is 0 Å². The number of nitro benzene ring substituents is 1. The van der Waals surface area contributed by atoms with E-state index in [1.165, 1.54) is 17.0 Å². The molecular formula is C16H17N3O4. The molecule has 0 aliphatic rings. The summed E-state index contributed by atoms with van der Waals surface area (Å²) in [6, 6.07) is 7.85. The summed E-state index contributed by atoms with van der Waals surface area (Å²) in [5, 5.41) is 20.1. The molecule has 1 aromatic carbocycles. The number of rotatable bonds is 6. The van der Waals surface area contributed by atoms with E-state index in [4.69, 9.17) is 0 Å². The lowest BCUT2D eigenvalue weighted by atomic mass is 10.1. The summed E-state index contributed by atoms with van der Waals surface area (Å²) in [4.78, 5) is 28.5. The van der Waals surface area contributed by atoms with Gasteiger partial charge in [0.2, 0.25) is 0 Å². The van der Waals surface area contributed by atoms with E-state index in [2.05, 4.69) is 4.98 Å². The minimum absolute atomic E-state index is 0.126. The predicted octanol–water partition coefficient (Wildman–Crippen LogP) is 1.93. The van der Waals surface area contributed by atoms with Gasteiger partial charge in [0.05, 0.1) is 11.5 Å². The number of carbonyl (C=O) groups excluding carboxylic acids is 1. The summed E-state index contributed by atoms with van der Waals surface area (Å²) >= 11 is 0. The highest BCUT2D eigenvalue weighted by atomic mass is 16.6. The van der Waals surface area contributed by atoms with Crippen LogP contribution in [0.2, 0.25) is 0 Å². The monoisotopic (exact) mass is 315 g/mol. The maximum absolute atomic E-state index is 12.6. The van der Waals surface area contributed by atoms with Gasteiger partial charge in [-0.05, 0) is 30.2 Å². The van der Waals surface area contributed by atoms with Crippen molar-refractivity contribution < 1.29 is 14.8 Å². The van der Waals surface area contributed by atoms with Gasteiger partial charge in [0.15, 0.2) is 0 Å². The van der Waals surface area contributed by atoms with Gasteiger partial charge in [0.1, 0.15) is 0 Å². The molecular weight excluding hydrogens is 298 g/mol. The number of hydrogen-bond donors (Lipinski definition) is 1. The smallest absolute Gasteiger partial charge is 0.270 e. The Morgan fingerprint density at radius 1 is 1.39 bits per heavy atom. The molecule has 0 aliphatic carbocycles. The lowest BCUT2D eigenvalue weighted by Crippen LogP contribution is -2.33. The Hall–Kier alpha value is -2.80. The highest BCUT2D eigenvalue weighted by Gasteiger charge is 2.19. The third-order valence-corrected chi connectivity index (χ3v) is 3.27. The SMILES string of the molecule is Cc1cc(C(=O)N(CCO)Cc2cccnc2)cc([N+](=O)[O-])c1. The number of non-ortho nitro benzene ring substituents is 1. The standard InChI is InChI=1S/C16H17N3O4/c1-12-7-14(9-15(8-12)19(22)23)16(21)18(5-6-20)11-13-3-2-4-17-10-13/h2-4,7-10,20H,5-6,11H2,1H3. The molecule has 0 unspecified atom stereocenters. The fourth-order valence-corrected chi connectivity index (χ4v) is 2.26. The predicted molar refractivity (Wildman–Crippen MR) is 83.9 cm³/mol. The molecule has 0 saturated heterocycles. The van der Waals surface area contributed by atoms with Crippen LogP contribution >= 0.6 is 0 Å². The number of benzene rings is 1. The van der Waals surface area contributed by atoms with E-state index in [0.717, 1.165) is 5.56 Å². The number of aromatic nitrogens is 1. The molecule has 0 atom stereocenters. The summed E-state index contributed by atoms with van der Waals surface area (Å²) < 4.78 is 0. The van der Waals surface area contributed by atoms with Crippen molar-refractivity contribution in [2.45, 2.75) is 13.5 Å². The normalized spacial score (nSPS) is 10.3. The van der Waals surface area contributed by atoms with Crippen molar-refractivity contribution in [3.8, 4) is 0 Å². The van der Waals surface area contributed by atoms with Gasteiger partial charge in [0, 0.05) is 43.2 Å². The maximum Gasteiger partial charge on any atom is 0.270 e. The van der Waals surface area contributed by atoms with Crippen LogP contribution in [0.3, 0.4) is 0 Å². The molecule has 7 heteroatoms. The minimum Gasteiger partial charge on any atom is -0.395 e. The molecule has 1 N–H and O–H groups in total. The van der Waals surface area contributed by atoms with Crippen LogP contribution in [-0.2, 0) is 6.54 Å². The topological polar surface area (TPSA) is 96.6 Å². The maximum atomic E-state index is 12.6. The van der Waals surface area contributed by atoms with Crippen LogP contribution < -0.4 is 0 Å². The van der Waals surface area contributed by atoms with E-state index in [-0.39, 0.29) is 36.9 Å². The van der Waals surface area contributed by atoms with Crippen LogP contribution in [0.1, 0.15) is 21.5 Å². The summed E-state index contributed by atoms with van der Waals surface area (Å²) in [6.45, 7) is 1.91. The lowest BCUT2D eigenvalue weighted by Gasteiger charge is -2.22. The zero-order chi connectivity index (χ0) is 16.8. The van der Waals surface area contributed by atoms with Gasteiger partial charge in [-0.15, -0.1) is 0 Å². The van der Waals surface area contributed by atoms with Gasteiger partial charge in [-0.25, -0.2) is 0 Å². The third-order valence-electron chi connectivity index (χ3n) is 3.27. The van der Waals surface area contributed by atoms with E-state index in [1.54, 1.807) is 31.5 Å². The van der Waals surface area contributed by atoms with Crippen molar-refractivity contribution >= 4 is 11.6 Å². The van der Waals surface area contributed by atoms with Crippen molar-refractivity contribution in [3.63, 3.8) is 0 Å². The third kappa shape index (κ3) is 4.33. The van der Waals surface area contributed by atoms with Crippen LogP contribution in [0.15, 0.2) is 42.7 Å². The number of pyridine rings is 1. The van der Waals surface area contributed by atoms with Gasteiger partial charge < -0.3 is 10.0 Å². The van der Waals surface area contributed by atoms with Gasteiger partial charge in [0.25, 0.3) is 11.6 Å². The molecule has 0 bridgehead atoms. The number of aryl methyl sites for hydroxylation is 1. The minimum atomic E-state index is -0.527. The van der Waals surface area contributed by atoms with Gasteiger partial charge >= 0.3 is 0 Å². The molecule has 0 aliphatic heterocycles. The number of hydrogen-bond acceptors (Lipinski definition) is 5. The fourth-order valence-electron chi connectivity index (χ4n) is 2.26. The van der Waals surface area contributed by atoms with Crippen LogP contribution in [0.4, 0.5) is 5.69 Å². The summed E-state index contributed by atoms with van der Waals surface area (Å²) in [5.41, 5.74) is 1.55. The summed E-state index contributed by atoms with van der Waals surface area (Å²) in [5.74, 6) is -0.366. The van der Waals surface area contributed by atoms with E-state index in [9.17, 15) is 20.0 Å². The molecule has 0 saturated carbocycles. The van der Waals surface area contributed by atoms with Crippen molar-refractivity contribution in [2.24, 2.45) is 0 Å². The Morgan fingerprint density at radius 2 is 2.17 bits per heavy atom. The molecule has 1 heterocycles. The van der Waals surface area contributed by atoms with E-state index in [0.29, 0.717) is 5.56 Å². The lowest BCUT2D eigenvalue weighted by molar-refractivity contribution is -0.384. The average Bonchev–Trinajstić information content (AvgIpc) is 2.54. The number of aliphatic hydroxyl groups excluding tert-OH is 1. The molecule has 0 fully saturated rings. The quantitative estimate of drug-likeness (QED) is 0.649. The molecule has 0 spiro atoms. The highest BCUT2D eigenvalue weighted by Crippen LogP contribution is 2.19. The first-order valence-electron chi connectivity index (χ1n) is 7.06. The van der Waals surface area contributed by atoms with E-state index < -0.39 is 4.92 Å². The molecule has 1 aromatic heterocycles. The Morgan fingerprint density at radius 3 is 2.78 bits per heavy atom. The van der Waals surface area contributed by atoms with Crippen molar-refractivity contribution in [2.75, 3.05) is 13.2 Å². The number of aliphatic hydroxyl groups is 1. The average molecular weight is 315 g/mol. The van der Waals surface area contributed by atoms with Gasteiger partial charge in [-0.1, -0.05) is 6.07 Å². The zero-order valence-corrected chi connectivity index (χ0v) is 12.7. The molecule has 23 heavy (non-hydrogen) atoms. The van der Waals surface area contributed by atoms with Gasteiger partial charge in [-0.3, -0.25) is 19.9 Å². The van der Waals surface area contributed by atoms with E-state index in [1.807, 2.05) is 6.07 Å². The molecule has 0 radical (unpaired) electrons. The van der Waals surface area contributed by atoms with Crippen molar-refractivity contribution in [3.05, 3.63) is 69.5 Å². The van der Waals surface area contributed by atoms with Crippen molar-refractivity contribution in [1.29, 1.82) is 0 Å². The molecule has 2 aromatic rings. The number of nitrogens with zero attached hydrogens (tertiary/aromatic N) is 3. The number of amides is 1. The molecule has 120 valence electrons. The number of carbonyl (C=O) groups is 1. The Balaban J connectivity index is 2.29. The first kappa shape index (κ1) is 16.6. The molecule has 1 amide bonds. The second-order valence-corrected chi connectivity index (χ2v) is 5.13. The largest absolute Gasteiger partial charge is 0.395 e. The first-order valence-corrected chi connectivity index (χ1v) is 7.06. The Kier molecular flexibility index (Phi) is 5.37. The summed E-state index contributed by atoms with van der Waals surface area (Å²) in [6.07, 6.45) is 3.27. The summed E-state index contributed by atoms with van der Waals surface area (Å²) in [7, 11) is 0. The van der Waals surface area contributed by atoms with Crippen LogP contribution in [0, 0.1) is 17.0 Å². The zero-order valence-electron chi connectivity index (χ0n) is 12.7. The Bertz CT molecular complexity index is 704. The fraction of sp³-hybridized carbons (Fsp3) is 0.250. The Labute approximate surface area is 133 Å². The highest BCUT2D eigenvalue weighted by molar-refractivity contribution is 5.95. The number of nitro groups is 1.